The van der Waals surface area contributed by atoms with E-state index in [1.54, 1.807) is 24.4 Å². The van der Waals surface area contributed by atoms with E-state index < -0.39 is 4.92 Å². The number of anilines is 1. The summed E-state index contributed by atoms with van der Waals surface area (Å²) in [5, 5.41) is 29.3. The maximum Gasteiger partial charge on any atom is 0.283 e. The van der Waals surface area contributed by atoms with Crippen LogP contribution in [0.15, 0.2) is 39.6 Å². The van der Waals surface area contributed by atoms with Crippen molar-refractivity contribution in [3.05, 3.63) is 40.6 Å². The van der Waals surface area contributed by atoms with E-state index in [1.807, 2.05) is 4.90 Å². The highest BCUT2D eigenvalue weighted by atomic mass is 32.2. The van der Waals surface area contributed by atoms with Gasteiger partial charge in [-0.3, -0.25) is 10.1 Å². The molecule has 0 atom stereocenters. The standard InChI is InChI=1S/C15H13N5O2S2/c16-7-3-9-19(10-4-8-17)15-18-11-14(24-15)23-13-6-2-1-5-12(13)20(21)22/h1-2,5-6,11H,3-4,9-10H2. The lowest BCUT2D eigenvalue weighted by Crippen LogP contribution is -2.24. The van der Waals surface area contributed by atoms with Gasteiger partial charge in [0.05, 0.1) is 45.2 Å². The summed E-state index contributed by atoms with van der Waals surface area (Å²) in [6.45, 7) is 1.00. The van der Waals surface area contributed by atoms with Crippen molar-refractivity contribution in [2.45, 2.75) is 21.9 Å². The number of nitrogens with zero attached hydrogens (tertiary/aromatic N) is 5. The third kappa shape index (κ3) is 4.69. The summed E-state index contributed by atoms with van der Waals surface area (Å²) >= 11 is 2.68. The van der Waals surface area contributed by atoms with Crippen molar-refractivity contribution in [3.8, 4) is 12.1 Å². The van der Waals surface area contributed by atoms with Crippen LogP contribution >= 0.6 is 23.1 Å². The monoisotopic (exact) mass is 359 g/mol. The maximum atomic E-state index is 11.1. The zero-order valence-electron chi connectivity index (χ0n) is 12.6. The minimum absolute atomic E-state index is 0.0586. The van der Waals surface area contributed by atoms with Crippen molar-refractivity contribution in [1.29, 1.82) is 10.5 Å². The van der Waals surface area contributed by atoms with Crippen LogP contribution in [0.2, 0.25) is 0 Å². The van der Waals surface area contributed by atoms with Gasteiger partial charge in [-0.2, -0.15) is 10.5 Å². The molecule has 0 radical (unpaired) electrons. The van der Waals surface area contributed by atoms with Gasteiger partial charge in [-0.15, -0.1) is 0 Å². The second-order valence-corrected chi connectivity index (χ2v) is 6.94. The largest absolute Gasteiger partial charge is 0.346 e. The molecule has 0 spiro atoms. The molecule has 1 aromatic heterocycles. The Kier molecular flexibility index (Phi) is 6.55. The Labute approximate surface area is 147 Å². The molecule has 0 aliphatic heterocycles. The van der Waals surface area contributed by atoms with Crippen LogP contribution in [0.5, 0.6) is 0 Å². The van der Waals surface area contributed by atoms with E-state index >= 15 is 0 Å². The van der Waals surface area contributed by atoms with E-state index in [1.165, 1.54) is 29.2 Å². The number of nitriles is 2. The van der Waals surface area contributed by atoms with Crippen LogP contribution in [-0.4, -0.2) is 23.0 Å². The molecule has 122 valence electrons. The third-order valence-electron chi connectivity index (χ3n) is 3.00. The molecule has 1 heterocycles. The number of nitro groups is 1. The predicted octanol–water partition coefficient (Wildman–Crippen LogP) is 3.84. The van der Waals surface area contributed by atoms with Crippen molar-refractivity contribution in [2.75, 3.05) is 18.0 Å². The summed E-state index contributed by atoms with van der Waals surface area (Å²) in [6, 6.07) is 10.7. The van der Waals surface area contributed by atoms with Crippen LogP contribution in [0.4, 0.5) is 10.8 Å². The third-order valence-corrected chi connectivity index (χ3v) is 5.23. The van der Waals surface area contributed by atoms with Crippen molar-refractivity contribution in [3.63, 3.8) is 0 Å². The van der Waals surface area contributed by atoms with E-state index in [4.69, 9.17) is 10.5 Å². The van der Waals surface area contributed by atoms with Gasteiger partial charge in [0, 0.05) is 19.2 Å². The molecule has 0 unspecified atom stereocenters. The molecule has 1 aromatic carbocycles. The Morgan fingerprint density at radius 3 is 2.54 bits per heavy atom. The van der Waals surface area contributed by atoms with Gasteiger partial charge in [0.1, 0.15) is 0 Å². The molecule has 2 aromatic rings. The van der Waals surface area contributed by atoms with Gasteiger partial charge >= 0.3 is 0 Å². The SMILES string of the molecule is N#CCCN(CCC#N)c1ncc(Sc2ccccc2[N+](=O)[O-])s1. The molecule has 0 saturated carbocycles. The van der Waals surface area contributed by atoms with Crippen LogP contribution in [0.1, 0.15) is 12.8 Å². The Bertz CT molecular complexity index is 776. The zero-order chi connectivity index (χ0) is 17.4. The highest BCUT2D eigenvalue weighted by molar-refractivity contribution is 8.01. The van der Waals surface area contributed by atoms with Gasteiger partial charge < -0.3 is 4.90 Å². The van der Waals surface area contributed by atoms with Crippen LogP contribution in [0, 0.1) is 32.8 Å². The van der Waals surface area contributed by atoms with Gasteiger partial charge in [0.2, 0.25) is 0 Å². The fourth-order valence-electron chi connectivity index (χ4n) is 1.92. The minimum Gasteiger partial charge on any atom is -0.346 e. The molecule has 0 aliphatic carbocycles. The maximum absolute atomic E-state index is 11.1. The zero-order valence-corrected chi connectivity index (χ0v) is 14.2. The lowest BCUT2D eigenvalue weighted by Gasteiger charge is -2.18. The molecule has 0 N–H and O–H groups in total. The van der Waals surface area contributed by atoms with Gasteiger partial charge in [-0.05, 0) is 6.07 Å². The first-order valence-corrected chi connectivity index (χ1v) is 8.65. The highest BCUT2D eigenvalue weighted by Crippen LogP contribution is 2.39. The molecule has 7 nitrogen and oxygen atoms in total. The molecule has 0 amide bonds. The van der Waals surface area contributed by atoms with Gasteiger partial charge in [0.15, 0.2) is 5.13 Å². The number of hydrogen-bond acceptors (Lipinski definition) is 8. The lowest BCUT2D eigenvalue weighted by molar-refractivity contribution is -0.387. The summed E-state index contributed by atoms with van der Waals surface area (Å²) in [5.74, 6) is 0. The van der Waals surface area contributed by atoms with E-state index in [0.29, 0.717) is 36.0 Å². The smallest absolute Gasteiger partial charge is 0.283 e. The number of rotatable bonds is 8. The number of hydrogen-bond donors (Lipinski definition) is 0. The van der Waals surface area contributed by atoms with Crippen LogP contribution in [-0.2, 0) is 0 Å². The summed E-state index contributed by atoms with van der Waals surface area (Å²) in [6.07, 6.45) is 2.35. The normalized spacial score (nSPS) is 9.92. The Morgan fingerprint density at radius 2 is 1.92 bits per heavy atom. The second-order valence-electron chi connectivity index (χ2n) is 4.59. The Balaban J connectivity index is 2.16. The fraction of sp³-hybridized carbons (Fsp3) is 0.267. The molecule has 9 heteroatoms. The van der Waals surface area contributed by atoms with Gasteiger partial charge in [-0.25, -0.2) is 4.98 Å². The van der Waals surface area contributed by atoms with Crippen LogP contribution < -0.4 is 4.90 Å². The van der Waals surface area contributed by atoms with Crippen molar-refractivity contribution >= 4 is 33.9 Å². The van der Waals surface area contributed by atoms with Crippen molar-refractivity contribution in [2.24, 2.45) is 0 Å². The lowest BCUT2D eigenvalue weighted by atomic mass is 10.3. The Morgan fingerprint density at radius 1 is 1.25 bits per heavy atom. The molecule has 0 fully saturated rings. The van der Waals surface area contributed by atoms with Crippen LogP contribution in [0.3, 0.4) is 0 Å². The van der Waals surface area contributed by atoms with Gasteiger partial charge in [-0.1, -0.05) is 35.2 Å². The quantitative estimate of drug-likeness (QED) is 0.520. The molecule has 0 aliphatic rings. The molecule has 0 saturated heterocycles. The fourth-order valence-corrected chi connectivity index (χ4v) is 4.00. The average Bonchev–Trinajstić information content (AvgIpc) is 3.03. The first kappa shape index (κ1) is 17.7. The highest BCUT2D eigenvalue weighted by Gasteiger charge is 2.16. The molecule has 0 bridgehead atoms. The van der Waals surface area contributed by atoms with E-state index in [2.05, 4.69) is 17.1 Å². The summed E-state index contributed by atoms with van der Waals surface area (Å²) < 4.78 is 0.818. The number of nitro benzene ring substituents is 1. The molecular weight excluding hydrogens is 346 g/mol. The number of benzene rings is 1. The predicted molar refractivity (Wildman–Crippen MR) is 92.0 cm³/mol. The van der Waals surface area contributed by atoms with Crippen molar-refractivity contribution in [1.82, 2.24) is 4.98 Å². The van der Waals surface area contributed by atoms with Crippen molar-refractivity contribution < 1.29 is 4.92 Å². The average molecular weight is 359 g/mol. The number of thiazole rings is 1. The molecule has 2 rings (SSSR count). The number of para-hydroxylation sites is 1. The Hall–Kier alpha value is -2.62. The van der Waals surface area contributed by atoms with E-state index in [9.17, 15) is 10.1 Å². The summed E-state index contributed by atoms with van der Waals surface area (Å²) in [5.41, 5.74) is 0.0586. The topological polar surface area (TPSA) is 107 Å². The van der Waals surface area contributed by atoms with Crippen LogP contribution in [0.25, 0.3) is 0 Å². The first-order valence-electron chi connectivity index (χ1n) is 7.01. The first-order chi connectivity index (χ1) is 11.7. The summed E-state index contributed by atoms with van der Waals surface area (Å²) in [7, 11) is 0. The molecule has 24 heavy (non-hydrogen) atoms. The summed E-state index contributed by atoms with van der Waals surface area (Å²) in [4.78, 5) is 17.4. The minimum atomic E-state index is -0.406. The van der Waals surface area contributed by atoms with Gasteiger partial charge in [0.25, 0.3) is 5.69 Å². The molecular formula is C15H13N5O2S2. The second kappa shape index (κ2) is 8.87. The number of aromatic nitrogens is 1. The van der Waals surface area contributed by atoms with E-state index in [-0.39, 0.29) is 5.69 Å². The van der Waals surface area contributed by atoms with E-state index in [0.717, 1.165) is 4.21 Å².